The van der Waals surface area contributed by atoms with Gasteiger partial charge in [0.25, 0.3) is 0 Å². The minimum atomic E-state index is -1.89. The van der Waals surface area contributed by atoms with Crippen molar-refractivity contribution in [3.8, 4) is 0 Å². The summed E-state index contributed by atoms with van der Waals surface area (Å²) in [4.78, 5) is 11.7. The Bertz CT molecular complexity index is 460. The minimum Gasteiger partial charge on any atom is -0.423 e. The van der Waals surface area contributed by atoms with Crippen LogP contribution in [0.25, 0.3) is 0 Å². The lowest BCUT2D eigenvalue weighted by atomic mass is 9.79. The first-order chi connectivity index (χ1) is 7.94. The van der Waals surface area contributed by atoms with Crippen LogP contribution in [0.4, 0.5) is 10.1 Å². The van der Waals surface area contributed by atoms with E-state index in [1.54, 1.807) is 0 Å². The third-order valence-corrected chi connectivity index (χ3v) is 3.10. The molecule has 0 bridgehead atoms. The van der Waals surface area contributed by atoms with Gasteiger partial charge in [0.1, 0.15) is 5.82 Å². The van der Waals surface area contributed by atoms with E-state index in [1.165, 1.54) is 18.2 Å². The van der Waals surface area contributed by atoms with Gasteiger partial charge >= 0.3 is 7.12 Å². The molecule has 1 aromatic carbocycles. The summed E-state index contributed by atoms with van der Waals surface area (Å²) in [5, 5.41) is 20.3. The second-order valence-electron chi connectivity index (χ2n) is 4.60. The molecule has 1 aliphatic rings. The van der Waals surface area contributed by atoms with Gasteiger partial charge in [-0.25, -0.2) is 4.39 Å². The van der Waals surface area contributed by atoms with Gasteiger partial charge in [-0.2, -0.15) is 0 Å². The average molecular weight is 237 g/mol. The van der Waals surface area contributed by atoms with E-state index in [0.29, 0.717) is 0 Å². The standard InChI is InChI=1S/C11H13BFNO3/c1-11(5-6-11)10(15)14-8-4-2-3-7(9(8)13)12(16)17/h2-4,16-17H,5-6H2,1H3,(H,14,15). The summed E-state index contributed by atoms with van der Waals surface area (Å²) in [6.07, 6.45) is 1.59. The number of hydrogen-bond donors (Lipinski definition) is 3. The summed E-state index contributed by atoms with van der Waals surface area (Å²) in [7, 11) is -1.89. The van der Waals surface area contributed by atoms with Crippen molar-refractivity contribution in [1.29, 1.82) is 0 Å². The van der Waals surface area contributed by atoms with Crippen molar-refractivity contribution in [2.24, 2.45) is 5.41 Å². The van der Waals surface area contributed by atoms with Crippen LogP contribution in [0.3, 0.4) is 0 Å². The molecule has 1 aliphatic carbocycles. The van der Waals surface area contributed by atoms with E-state index < -0.39 is 18.4 Å². The van der Waals surface area contributed by atoms with Gasteiger partial charge in [-0.3, -0.25) is 4.79 Å². The van der Waals surface area contributed by atoms with Crippen molar-refractivity contribution >= 4 is 24.2 Å². The molecule has 0 aliphatic heterocycles. The lowest BCUT2D eigenvalue weighted by Gasteiger charge is -2.12. The molecule has 0 radical (unpaired) electrons. The molecular formula is C11H13BFNO3. The van der Waals surface area contributed by atoms with E-state index in [0.717, 1.165) is 12.8 Å². The number of anilines is 1. The van der Waals surface area contributed by atoms with Gasteiger partial charge < -0.3 is 15.4 Å². The SMILES string of the molecule is CC1(C(=O)Nc2cccc(B(O)O)c2F)CC1. The Labute approximate surface area is 98.6 Å². The molecule has 17 heavy (non-hydrogen) atoms. The first-order valence-electron chi connectivity index (χ1n) is 5.40. The number of amides is 1. The van der Waals surface area contributed by atoms with Gasteiger partial charge in [-0.05, 0) is 18.9 Å². The van der Waals surface area contributed by atoms with Crippen LogP contribution in [0.15, 0.2) is 18.2 Å². The van der Waals surface area contributed by atoms with E-state index in [-0.39, 0.29) is 17.1 Å². The average Bonchev–Trinajstić information content (AvgIpc) is 3.00. The van der Waals surface area contributed by atoms with Crippen molar-refractivity contribution in [3.05, 3.63) is 24.0 Å². The first kappa shape index (κ1) is 12.1. The molecular weight excluding hydrogens is 224 g/mol. The first-order valence-corrected chi connectivity index (χ1v) is 5.40. The van der Waals surface area contributed by atoms with Crippen molar-refractivity contribution in [3.63, 3.8) is 0 Å². The molecule has 1 fully saturated rings. The highest BCUT2D eigenvalue weighted by molar-refractivity contribution is 6.58. The molecule has 3 N–H and O–H groups in total. The lowest BCUT2D eigenvalue weighted by Crippen LogP contribution is -2.34. The van der Waals surface area contributed by atoms with Gasteiger partial charge in [0, 0.05) is 10.9 Å². The molecule has 0 heterocycles. The Hall–Kier alpha value is -1.40. The fourth-order valence-corrected chi connectivity index (χ4v) is 1.53. The second-order valence-corrected chi connectivity index (χ2v) is 4.60. The Morgan fingerprint density at radius 2 is 2.12 bits per heavy atom. The zero-order chi connectivity index (χ0) is 12.6. The van der Waals surface area contributed by atoms with E-state index in [2.05, 4.69) is 5.32 Å². The number of carbonyl (C=O) groups is 1. The van der Waals surface area contributed by atoms with E-state index >= 15 is 0 Å². The molecule has 0 spiro atoms. The maximum atomic E-state index is 13.8. The zero-order valence-corrected chi connectivity index (χ0v) is 9.40. The number of halogens is 1. The van der Waals surface area contributed by atoms with Gasteiger partial charge in [-0.15, -0.1) is 0 Å². The molecule has 1 aromatic rings. The monoisotopic (exact) mass is 237 g/mol. The number of carbonyl (C=O) groups excluding carboxylic acids is 1. The Morgan fingerprint density at radius 1 is 1.47 bits per heavy atom. The van der Waals surface area contributed by atoms with Crippen LogP contribution in [0.5, 0.6) is 0 Å². The van der Waals surface area contributed by atoms with Crippen LogP contribution in [-0.4, -0.2) is 23.1 Å². The Kier molecular flexibility index (Phi) is 2.93. The van der Waals surface area contributed by atoms with Gasteiger partial charge in [0.2, 0.25) is 5.91 Å². The van der Waals surface area contributed by atoms with Crippen LogP contribution >= 0.6 is 0 Å². The normalized spacial score (nSPS) is 16.5. The fraction of sp³-hybridized carbons (Fsp3) is 0.364. The van der Waals surface area contributed by atoms with Gasteiger partial charge in [0.15, 0.2) is 0 Å². The maximum Gasteiger partial charge on any atom is 0.491 e. The molecule has 1 saturated carbocycles. The highest BCUT2D eigenvalue weighted by Crippen LogP contribution is 2.45. The Morgan fingerprint density at radius 3 is 2.65 bits per heavy atom. The third kappa shape index (κ3) is 2.32. The van der Waals surface area contributed by atoms with Crippen molar-refractivity contribution in [2.75, 3.05) is 5.32 Å². The maximum absolute atomic E-state index is 13.8. The smallest absolute Gasteiger partial charge is 0.423 e. The van der Waals surface area contributed by atoms with E-state index in [4.69, 9.17) is 10.0 Å². The van der Waals surface area contributed by atoms with Crippen molar-refractivity contribution < 1.29 is 19.2 Å². The molecule has 4 nitrogen and oxygen atoms in total. The predicted molar refractivity (Wildman–Crippen MR) is 62.2 cm³/mol. The number of rotatable bonds is 3. The van der Waals surface area contributed by atoms with Crippen LogP contribution in [0.1, 0.15) is 19.8 Å². The highest BCUT2D eigenvalue weighted by Gasteiger charge is 2.45. The molecule has 0 atom stereocenters. The Balaban J connectivity index is 2.21. The number of nitrogens with one attached hydrogen (secondary N) is 1. The third-order valence-electron chi connectivity index (χ3n) is 3.10. The second kappa shape index (κ2) is 4.12. The largest absolute Gasteiger partial charge is 0.491 e. The highest BCUT2D eigenvalue weighted by atomic mass is 19.1. The summed E-state index contributed by atoms with van der Waals surface area (Å²) < 4.78 is 13.8. The molecule has 0 saturated heterocycles. The van der Waals surface area contributed by atoms with E-state index in [1.807, 2.05) is 6.92 Å². The molecule has 0 aromatic heterocycles. The van der Waals surface area contributed by atoms with Crippen molar-refractivity contribution in [1.82, 2.24) is 0 Å². The van der Waals surface area contributed by atoms with E-state index in [9.17, 15) is 9.18 Å². The fourth-order valence-electron chi connectivity index (χ4n) is 1.53. The minimum absolute atomic E-state index is 0.0197. The van der Waals surface area contributed by atoms with Crippen molar-refractivity contribution in [2.45, 2.75) is 19.8 Å². The van der Waals surface area contributed by atoms with Gasteiger partial charge in [0.05, 0.1) is 5.69 Å². The zero-order valence-electron chi connectivity index (χ0n) is 9.40. The topological polar surface area (TPSA) is 69.6 Å². The van der Waals surface area contributed by atoms with Crippen LogP contribution in [-0.2, 0) is 4.79 Å². The molecule has 6 heteroatoms. The summed E-state index contributed by atoms with van der Waals surface area (Å²) in [5.41, 5.74) is -0.669. The van der Waals surface area contributed by atoms with Crippen LogP contribution in [0.2, 0.25) is 0 Å². The molecule has 90 valence electrons. The van der Waals surface area contributed by atoms with Crippen LogP contribution in [0, 0.1) is 11.2 Å². The summed E-state index contributed by atoms with van der Waals surface area (Å²) in [5.74, 6) is -1.04. The number of hydrogen-bond acceptors (Lipinski definition) is 3. The molecule has 2 rings (SSSR count). The summed E-state index contributed by atoms with van der Waals surface area (Å²) in [6, 6.07) is 4.11. The summed E-state index contributed by atoms with van der Waals surface area (Å²) in [6.45, 7) is 1.81. The number of benzene rings is 1. The van der Waals surface area contributed by atoms with Crippen LogP contribution < -0.4 is 10.8 Å². The molecule has 0 unspecified atom stereocenters. The summed E-state index contributed by atoms with van der Waals surface area (Å²) >= 11 is 0. The molecule has 1 amide bonds. The van der Waals surface area contributed by atoms with Gasteiger partial charge in [-0.1, -0.05) is 19.1 Å². The predicted octanol–water partition coefficient (Wildman–Crippen LogP) is 0.244. The quantitative estimate of drug-likeness (QED) is 0.659. The lowest BCUT2D eigenvalue weighted by molar-refractivity contribution is -0.120.